The lowest BCUT2D eigenvalue weighted by Gasteiger charge is -2.29. The monoisotopic (exact) mass is 1850 g/mol. The van der Waals surface area contributed by atoms with Gasteiger partial charge in [0.05, 0.1) is 31.9 Å². The normalized spacial score (nSPS) is 14.6. The minimum Gasteiger partial charge on any atom is -0.481 e. The molecule has 1 aromatic rings. The summed E-state index contributed by atoms with van der Waals surface area (Å²) >= 11 is 1.18. The minimum atomic E-state index is -2.05. The second-order valence-corrected chi connectivity index (χ2v) is 33.0. The molecule has 48 nitrogen and oxygen atoms in total. The highest BCUT2D eigenvalue weighted by atomic mass is 32.2. The minimum absolute atomic E-state index is 0.0631. The first kappa shape index (κ1) is 115. The highest BCUT2D eigenvalue weighted by molar-refractivity contribution is 7.98. The third-order valence-corrected chi connectivity index (χ3v) is 20.2. The van der Waals surface area contributed by atoms with Gasteiger partial charge in [0.15, 0.2) is 5.96 Å². The maximum absolute atomic E-state index is 14.7. The van der Waals surface area contributed by atoms with Gasteiger partial charge in [-0.15, -0.1) is 0 Å². The summed E-state index contributed by atoms with van der Waals surface area (Å²) in [4.78, 5) is 276. The molecule has 0 fully saturated rings. The maximum Gasteiger partial charge on any atom is 0.326 e. The zero-order valence-corrected chi connectivity index (χ0v) is 74.8. The predicted molar refractivity (Wildman–Crippen MR) is 469 cm³/mol. The number of aliphatic carboxylic acids is 4. The molecule has 0 radical (unpaired) electrons. The molecule has 726 valence electrons. The smallest absolute Gasteiger partial charge is 0.326 e. The van der Waals surface area contributed by atoms with E-state index in [2.05, 4.69) is 79.4 Å². The number of nitrogens with zero attached hydrogens (tertiary/aromatic N) is 1. The van der Waals surface area contributed by atoms with Crippen LogP contribution in [0.2, 0.25) is 0 Å². The fourth-order valence-corrected chi connectivity index (χ4v) is 13.2. The van der Waals surface area contributed by atoms with Crippen LogP contribution in [-0.2, 0) is 102 Å². The molecule has 35 N–H and O–H groups in total. The van der Waals surface area contributed by atoms with Gasteiger partial charge in [-0.25, -0.2) is 4.79 Å². The van der Waals surface area contributed by atoms with Gasteiger partial charge in [-0.05, 0) is 151 Å². The van der Waals surface area contributed by atoms with Gasteiger partial charge >= 0.3 is 23.9 Å². The number of carboxylic acid groups (broad SMARTS) is 4. The molecule has 0 heterocycles. The van der Waals surface area contributed by atoms with Crippen molar-refractivity contribution < 1.29 is 121 Å². The molecular weight excluding hydrogens is 1720 g/mol. The van der Waals surface area contributed by atoms with Crippen LogP contribution in [0.4, 0.5) is 0 Å². The number of carbonyl (C=O) groups is 20. The van der Waals surface area contributed by atoms with E-state index in [0.29, 0.717) is 31.4 Å². The first-order valence-electron chi connectivity index (χ1n) is 42.5. The summed E-state index contributed by atoms with van der Waals surface area (Å²) in [6, 6.07) is -17.1. The summed E-state index contributed by atoms with van der Waals surface area (Å²) < 4.78 is 0. The summed E-state index contributed by atoms with van der Waals surface area (Å²) in [6.07, 6.45) is -3.44. The molecule has 16 amide bonds. The van der Waals surface area contributed by atoms with E-state index in [1.54, 1.807) is 64.3 Å². The number of thioether (sulfide) groups is 1. The van der Waals surface area contributed by atoms with Crippen molar-refractivity contribution in [3.8, 4) is 0 Å². The van der Waals surface area contributed by atoms with Crippen LogP contribution in [0.3, 0.4) is 0 Å². The van der Waals surface area contributed by atoms with Crippen molar-refractivity contribution in [3.05, 3.63) is 35.9 Å². The molecule has 129 heavy (non-hydrogen) atoms. The van der Waals surface area contributed by atoms with Crippen molar-refractivity contribution in [1.29, 1.82) is 0 Å². The zero-order valence-electron chi connectivity index (χ0n) is 74.0. The first-order chi connectivity index (χ1) is 60.7. The standard InChI is InChI=1S/C80H135N23O25S/c1-41(2)34-52(97-75(123)56(38-62(109)110)101-72(120)53(35-42(3)4)96-73(121)54(36-44-18-9-8-10-19-44)98-69(117)49(24-26-59(85)105)92-77(125)58(40-104)102-65(113)45(84)20-11-14-29-81)71(119)99-55(37-60(86)106)74(122)93-50(28-33-129-7)70(118)91-48(23-17-32-89-80(87)88)66(114)90-46(21-12-15-30-82)68(116)100-57(39-63(111)112)76(124)103-64(43(5)6)78(126)94-47(22-13-16-31-83)67(115)95-51(79(127)128)25-27-61(107)108/h8-10,18-19,41-43,45-58,64,104H,11-17,20-40,81-84H2,1-7H3,(H2,85,105)(H2,86,106)(H,90,114)(H,91,118)(H,92,125)(H,93,122)(H,94,126)(H,95,115)(H,96,121)(H,97,123)(H,98,117)(H,99,119)(H,100,116)(H,101,120)(H,102,113)(H,103,124)(H,107,108)(H,109,110)(H,111,112)(H,127,128)(H4,87,88,89)/t45-,46-,47-,48-,49-,50-,51-,52-,53-,54-,55-,56-,57-,58-,64-/m0/s1. The van der Waals surface area contributed by atoms with Crippen LogP contribution < -0.4 is 120 Å². The lowest BCUT2D eigenvalue weighted by Crippen LogP contribution is -2.61. The first-order valence-corrected chi connectivity index (χ1v) is 43.9. The number of aliphatic hydroxyl groups excluding tert-OH is 1. The van der Waals surface area contributed by atoms with E-state index in [9.17, 15) is 116 Å². The van der Waals surface area contributed by atoms with Gasteiger partial charge in [-0.1, -0.05) is 78.3 Å². The Bertz CT molecular complexity index is 3920. The van der Waals surface area contributed by atoms with E-state index >= 15 is 0 Å². The Hall–Kier alpha value is -12.0. The summed E-state index contributed by atoms with van der Waals surface area (Å²) in [5.41, 5.74) is 45.6. The summed E-state index contributed by atoms with van der Waals surface area (Å²) in [5.74, 6) is -25.9. The van der Waals surface area contributed by atoms with E-state index in [0.717, 1.165) is 0 Å². The molecule has 0 aliphatic heterocycles. The van der Waals surface area contributed by atoms with Crippen LogP contribution >= 0.6 is 11.8 Å². The van der Waals surface area contributed by atoms with Crippen LogP contribution in [0.15, 0.2) is 35.3 Å². The van der Waals surface area contributed by atoms with Gasteiger partial charge in [0, 0.05) is 25.8 Å². The Labute approximate surface area is 751 Å². The molecule has 0 saturated carbocycles. The van der Waals surface area contributed by atoms with Gasteiger partial charge in [0.2, 0.25) is 94.5 Å². The number of nitrogens with two attached hydrogens (primary N) is 8. The number of benzene rings is 1. The van der Waals surface area contributed by atoms with Gasteiger partial charge < -0.3 is 146 Å². The van der Waals surface area contributed by atoms with Gasteiger partial charge in [0.1, 0.15) is 84.6 Å². The largest absolute Gasteiger partial charge is 0.481 e. The number of carboxylic acids is 4. The van der Waals surface area contributed by atoms with Crippen molar-refractivity contribution >= 4 is 136 Å². The quantitative estimate of drug-likeness (QED) is 0.0164. The molecule has 0 bridgehead atoms. The molecule has 0 unspecified atom stereocenters. The molecule has 15 atom stereocenters. The van der Waals surface area contributed by atoms with E-state index in [-0.39, 0.29) is 108 Å². The third-order valence-electron chi connectivity index (χ3n) is 19.6. The lowest BCUT2D eigenvalue weighted by atomic mass is 9.99. The number of amides is 16. The highest BCUT2D eigenvalue weighted by Gasteiger charge is 2.40. The van der Waals surface area contributed by atoms with E-state index in [1.165, 1.54) is 25.6 Å². The number of rotatable bonds is 68. The molecule has 0 aromatic heterocycles. The Morgan fingerprint density at radius 3 is 1.09 bits per heavy atom. The summed E-state index contributed by atoms with van der Waals surface area (Å²) in [5, 5.41) is 83.0. The van der Waals surface area contributed by atoms with Crippen LogP contribution in [0, 0.1) is 17.8 Å². The van der Waals surface area contributed by atoms with E-state index in [1.807, 2.05) is 0 Å². The number of guanidine groups is 1. The molecule has 0 spiro atoms. The number of hydrogen-bond donors (Lipinski definition) is 27. The molecule has 0 aliphatic carbocycles. The average Bonchev–Trinajstić information content (AvgIpc) is 0.846. The Morgan fingerprint density at radius 1 is 0.357 bits per heavy atom. The second-order valence-electron chi connectivity index (χ2n) is 32.0. The van der Waals surface area contributed by atoms with E-state index in [4.69, 9.17) is 51.0 Å². The number of aliphatic hydroxyl groups is 1. The molecule has 0 aliphatic rings. The molecule has 1 aromatic carbocycles. The SMILES string of the molecule is CSCC[C@H](NC(=O)[C@H](CC(N)=O)NC(=O)[C@H](CC(C)C)NC(=O)[C@H](CC(=O)O)NC(=O)[C@H](CC(C)C)NC(=O)[C@H](Cc1ccccc1)NC(=O)[C@H](CCC(N)=O)NC(=O)[C@H](CO)NC(=O)[C@@H](N)CCCCN)C(=O)N[C@@H](CCCN=C(N)N)C(=O)N[C@@H](CCCCN)C(=O)N[C@@H](CC(=O)O)C(=O)N[C@H](C(=O)N[C@@H](CCCCN)C(=O)N[C@@H](CCC(=O)O)C(=O)O)C(C)C. The molecular formula is C80H135N23O25S. The number of hydrogen-bond acceptors (Lipinski definition) is 27. The van der Waals surface area contributed by atoms with Crippen LogP contribution in [0.25, 0.3) is 0 Å². The molecule has 0 saturated heterocycles. The number of primary amides is 2. The summed E-state index contributed by atoms with van der Waals surface area (Å²) in [7, 11) is 0. The molecule has 1 rings (SSSR count). The molecule has 49 heteroatoms. The van der Waals surface area contributed by atoms with Crippen LogP contribution in [-0.4, -0.2) is 285 Å². The van der Waals surface area contributed by atoms with Gasteiger partial charge in [-0.3, -0.25) is 96.1 Å². The summed E-state index contributed by atoms with van der Waals surface area (Å²) in [6.45, 7) is 8.84. The Kier molecular flexibility index (Phi) is 55.5. The van der Waals surface area contributed by atoms with Gasteiger partial charge in [0.25, 0.3) is 0 Å². The maximum atomic E-state index is 14.7. The third kappa shape index (κ3) is 47.6. The number of nitrogens with one attached hydrogen (secondary N) is 14. The Morgan fingerprint density at radius 2 is 0.698 bits per heavy atom. The van der Waals surface area contributed by atoms with Crippen molar-refractivity contribution in [2.75, 3.05) is 44.8 Å². The van der Waals surface area contributed by atoms with Crippen molar-refractivity contribution in [2.45, 2.75) is 273 Å². The highest BCUT2D eigenvalue weighted by Crippen LogP contribution is 2.17. The topological polar surface area (TPSA) is 831 Å². The average molecular weight is 1850 g/mol. The number of aliphatic imine (C=N–C) groups is 1. The number of carbonyl (C=O) groups excluding carboxylic acids is 16. The van der Waals surface area contributed by atoms with Crippen LogP contribution in [0.5, 0.6) is 0 Å². The van der Waals surface area contributed by atoms with Crippen molar-refractivity contribution in [1.82, 2.24) is 74.4 Å². The van der Waals surface area contributed by atoms with Crippen molar-refractivity contribution in [3.63, 3.8) is 0 Å². The van der Waals surface area contributed by atoms with Crippen molar-refractivity contribution in [2.24, 2.45) is 68.6 Å². The van der Waals surface area contributed by atoms with E-state index < -0.39 is 278 Å². The zero-order chi connectivity index (χ0) is 97.7. The Balaban J connectivity index is 3.83. The predicted octanol–water partition coefficient (Wildman–Crippen LogP) is -7.68. The van der Waals surface area contributed by atoms with Crippen LogP contribution in [0.1, 0.15) is 182 Å². The fraction of sp³-hybridized carbons (Fsp3) is 0.662. The lowest BCUT2D eigenvalue weighted by molar-refractivity contribution is -0.144. The number of unbranched alkanes of at least 4 members (excludes halogenated alkanes) is 3. The fourth-order valence-electron chi connectivity index (χ4n) is 12.7. The van der Waals surface area contributed by atoms with Gasteiger partial charge in [-0.2, -0.15) is 11.8 Å². The second kappa shape index (κ2) is 62.3.